The SMILES string of the molecule is O=C(O)COCc1nncn1C1CCCCC1. The van der Waals surface area contributed by atoms with Gasteiger partial charge in [-0.3, -0.25) is 0 Å². The van der Waals surface area contributed by atoms with Crippen LogP contribution in [0.3, 0.4) is 0 Å². The predicted octanol–water partition coefficient (Wildman–Crippen LogP) is 1.38. The van der Waals surface area contributed by atoms with Crippen molar-refractivity contribution < 1.29 is 14.6 Å². The molecule has 0 radical (unpaired) electrons. The third-order valence-corrected chi connectivity index (χ3v) is 3.07. The van der Waals surface area contributed by atoms with Crippen molar-refractivity contribution in [2.45, 2.75) is 44.8 Å². The second-order valence-electron chi connectivity index (χ2n) is 4.33. The number of carboxylic acids is 1. The van der Waals surface area contributed by atoms with Crippen LogP contribution in [-0.2, 0) is 16.1 Å². The van der Waals surface area contributed by atoms with Gasteiger partial charge in [-0.05, 0) is 12.8 Å². The van der Waals surface area contributed by atoms with Gasteiger partial charge in [0, 0.05) is 6.04 Å². The van der Waals surface area contributed by atoms with Crippen LogP contribution in [0.4, 0.5) is 0 Å². The summed E-state index contributed by atoms with van der Waals surface area (Å²) in [4.78, 5) is 10.3. The zero-order valence-electron chi connectivity index (χ0n) is 9.71. The van der Waals surface area contributed by atoms with Gasteiger partial charge < -0.3 is 14.4 Å². The summed E-state index contributed by atoms with van der Waals surface area (Å²) in [6, 6.07) is 0.446. The molecule has 6 heteroatoms. The molecule has 0 amide bonds. The van der Waals surface area contributed by atoms with Crippen molar-refractivity contribution in [3.8, 4) is 0 Å². The number of carboxylic acid groups (broad SMARTS) is 1. The molecule has 1 heterocycles. The molecule has 0 aromatic carbocycles. The average molecular weight is 239 g/mol. The summed E-state index contributed by atoms with van der Waals surface area (Å²) in [7, 11) is 0. The maximum Gasteiger partial charge on any atom is 0.329 e. The monoisotopic (exact) mass is 239 g/mol. The molecule has 0 bridgehead atoms. The molecule has 1 aliphatic rings. The van der Waals surface area contributed by atoms with Gasteiger partial charge in [0.25, 0.3) is 0 Å². The fraction of sp³-hybridized carbons (Fsp3) is 0.727. The molecule has 94 valence electrons. The zero-order chi connectivity index (χ0) is 12.1. The standard InChI is InChI=1S/C11H17N3O3/c15-11(16)7-17-6-10-13-12-8-14(10)9-4-2-1-3-5-9/h8-9H,1-7H2,(H,15,16). The minimum atomic E-state index is -0.964. The van der Waals surface area contributed by atoms with Gasteiger partial charge in [0.15, 0.2) is 5.82 Å². The van der Waals surface area contributed by atoms with Gasteiger partial charge in [0.05, 0.1) is 0 Å². The molecule has 0 spiro atoms. The highest BCUT2D eigenvalue weighted by Gasteiger charge is 2.18. The molecule has 6 nitrogen and oxygen atoms in total. The summed E-state index contributed by atoms with van der Waals surface area (Å²) in [5, 5.41) is 16.4. The first-order valence-corrected chi connectivity index (χ1v) is 5.95. The van der Waals surface area contributed by atoms with Crippen LogP contribution in [0, 0.1) is 0 Å². The summed E-state index contributed by atoms with van der Waals surface area (Å²) < 4.78 is 7.08. The number of nitrogens with zero attached hydrogens (tertiary/aromatic N) is 3. The van der Waals surface area contributed by atoms with Crippen LogP contribution < -0.4 is 0 Å². The Hall–Kier alpha value is -1.43. The Morgan fingerprint density at radius 2 is 2.24 bits per heavy atom. The normalized spacial score (nSPS) is 17.2. The van der Waals surface area contributed by atoms with Crippen molar-refractivity contribution in [3.05, 3.63) is 12.2 Å². The summed E-state index contributed by atoms with van der Waals surface area (Å²) in [5.41, 5.74) is 0. The Balaban J connectivity index is 1.93. The molecule has 17 heavy (non-hydrogen) atoms. The molecule has 1 saturated carbocycles. The molecule has 1 aliphatic carbocycles. The molecule has 1 N–H and O–H groups in total. The van der Waals surface area contributed by atoms with Crippen molar-refractivity contribution in [2.24, 2.45) is 0 Å². The molecule has 2 rings (SSSR count). The third kappa shape index (κ3) is 3.26. The van der Waals surface area contributed by atoms with Crippen molar-refractivity contribution in [1.82, 2.24) is 14.8 Å². The van der Waals surface area contributed by atoms with E-state index in [1.165, 1.54) is 19.3 Å². The lowest BCUT2D eigenvalue weighted by atomic mass is 9.95. The lowest BCUT2D eigenvalue weighted by molar-refractivity contribution is -0.142. The van der Waals surface area contributed by atoms with Crippen LogP contribution in [-0.4, -0.2) is 32.4 Å². The van der Waals surface area contributed by atoms with Crippen LogP contribution in [0.5, 0.6) is 0 Å². The van der Waals surface area contributed by atoms with Crippen LogP contribution in [0.15, 0.2) is 6.33 Å². The predicted molar refractivity (Wildman–Crippen MR) is 59.4 cm³/mol. The van der Waals surface area contributed by atoms with E-state index in [1.807, 2.05) is 4.57 Å². The highest BCUT2D eigenvalue weighted by molar-refractivity contribution is 5.67. The highest BCUT2D eigenvalue weighted by atomic mass is 16.5. The Labute approximate surface area is 99.6 Å². The van der Waals surface area contributed by atoms with Crippen molar-refractivity contribution in [1.29, 1.82) is 0 Å². The molecule has 0 atom stereocenters. The van der Waals surface area contributed by atoms with E-state index in [0.29, 0.717) is 6.04 Å². The van der Waals surface area contributed by atoms with Crippen molar-refractivity contribution in [3.63, 3.8) is 0 Å². The molecule has 1 aromatic rings. The minimum Gasteiger partial charge on any atom is -0.480 e. The number of aliphatic carboxylic acids is 1. The summed E-state index contributed by atoms with van der Waals surface area (Å²) in [6.45, 7) is -0.0830. The molecule has 0 unspecified atom stereocenters. The fourth-order valence-electron chi connectivity index (χ4n) is 2.26. The summed E-state index contributed by atoms with van der Waals surface area (Å²) >= 11 is 0. The number of carbonyl (C=O) groups is 1. The van der Waals surface area contributed by atoms with Crippen LogP contribution in [0.1, 0.15) is 44.0 Å². The Morgan fingerprint density at radius 1 is 1.47 bits per heavy atom. The molecule has 0 saturated heterocycles. The maximum absolute atomic E-state index is 10.3. The molecule has 1 fully saturated rings. The zero-order valence-corrected chi connectivity index (χ0v) is 9.71. The molecule has 0 aliphatic heterocycles. The van der Waals surface area contributed by atoms with E-state index < -0.39 is 5.97 Å². The van der Waals surface area contributed by atoms with Crippen LogP contribution >= 0.6 is 0 Å². The van der Waals surface area contributed by atoms with E-state index in [9.17, 15) is 4.79 Å². The molecular formula is C11H17N3O3. The van der Waals surface area contributed by atoms with E-state index in [2.05, 4.69) is 10.2 Å². The van der Waals surface area contributed by atoms with Gasteiger partial charge in [-0.25, -0.2) is 4.79 Å². The van der Waals surface area contributed by atoms with Crippen LogP contribution in [0.2, 0.25) is 0 Å². The smallest absolute Gasteiger partial charge is 0.329 e. The fourth-order valence-corrected chi connectivity index (χ4v) is 2.26. The number of aromatic nitrogens is 3. The van der Waals surface area contributed by atoms with E-state index in [4.69, 9.17) is 9.84 Å². The Kier molecular flexibility index (Phi) is 4.08. The number of hydrogen-bond donors (Lipinski definition) is 1. The first-order valence-electron chi connectivity index (χ1n) is 5.95. The lowest BCUT2D eigenvalue weighted by Gasteiger charge is -2.23. The van der Waals surface area contributed by atoms with Crippen molar-refractivity contribution >= 4 is 5.97 Å². The van der Waals surface area contributed by atoms with Gasteiger partial charge in [0.2, 0.25) is 0 Å². The number of hydrogen-bond acceptors (Lipinski definition) is 4. The number of rotatable bonds is 5. The second-order valence-corrected chi connectivity index (χ2v) is 4.33. The van der Waals surface area contributed by atoms with Gasteiger partial charge in [0.1, 0.15) is 19.5 Å². The van der Waals surface area contributed by atoms with E-state index >= 15 is 0 Å². The number of ether oxygens (including phenoxy) is 1. The molecule has 1 aromatic heterocycles. The third-order valence-electron chi connectivity index (χ3n) is 3.07. The van der Waals surface area contributed by atoms with Gasteiger partial charge in [-0.1, -0.05) is 19.3 Å². The maximum atomic E-state index is 10.3. The lowest BCUT2D eigenvalue weighted by Crippen LogP contribution is -2.16. The highest BCUT2D eigenvalue weighted by Crippen LogP contribution is 2.28. The largest absolute Gasteiger partial charge is 0.480 e. The Morgan fingerprint density at radius 3 is 2.94 bits per heavy atom. The summed E-state index contributed by atoms with van der Waals surface area (Å²) in [5.74, 6) is -0.244. The van der Waals surface area contributed by atoms with E-state index in [1.54, 1.807) is 6.33 Å². The van der Waals surface area contributed by atoms with Gasteiger partial charge >= 0.3 is 5.97 Å². The van der Waals surface area contributed by atoms with Gasteiger partial charge in [-0.2, -0.15) is 0 Å². The first kappa shape index (κ1) is 12.0. The van der Waals surface area contributed by atoms with Crippen LogP contribution in [0.25, 0.3) is 0 Å². The quantitative estimate of drug-likeness (QED) is 0.840. The van der Waals surface area contributed by atoms with Crippen molar-refractivity contribution in [2.75, 3.05) is 6.61 Å². The second kappa shape index (κ2) is 5.77. The first-order chi connectivity index (χ1) is 8.27. The minimum absolute atomic E-state index is 0.211. The van der Waals surface area contributed by atoms with Gasteiger partial charge in [-0.15, -0.1) is 10.2 Å². The topological polar surface area (TPSA) is 77.2 Å². The molecular weight excluding hydrogens is 222 g/mol. The summed E-state index contributed by atoms with van der Waals surface area (Å²) in [6.07, 6.45) is 7.77. The Bertz CT molecular complexity index is 372. The van der Waals surface area contributed by atoms with E-state index in [-0.39, 0.29) is 13.2 Å². The van der Waals surface area contributed by atoms with E-state index in [0.717, 1.165) is 18.7 Å². The average Bonchev–Trinajstić information content (AvgIpc) is 2.78.